The van der Waals surface area contributed by atoms with Crippen molar-refractivity contribution in [2.24, 2.45) is 16.0 Å². The van der Waals surface area contributed by atoms with Gasteiger partial charge < -0.3 is 10.5 Å². The van der Waals surface area contributed by atoms with Gasteiger partial charge in [-0.05, 0) is 0 Å². The van der Waals surface area contributed by atoms with Gasteiger partial charge in [0.25, 0.3) is 12.1 Å². The SMILES string of the molecule is NC(=O)C1N=NC=CO1. The van der Waals surface area contributed by atoms with Crippen LogP contribution < -0.4 is 5.73 Å². The summed E-state index contributed by atoms with van der Waals surface area (Å²) in [5.41, 5.74) is 4.82. The van der Waals surface area contributed by atoms with E-state index in [1.807, 2.05) is 0 Å². The van der Waals surface area contributed by atoms with Crippen molar-refractivity contribution in [2.75, 3.05) is 0 Å². The first-order valence-corrected chi connectivity index (χ1v) is 2.30. The number of hydrogen-bond acceptors (Lipinski definition) is 4. The number of nitrogens with zero attached hydrogens (tertiary/aromatic N) is 2. The number of carbonyl (C=O) groups excluding carboxylic acids is 1. The maximum absolute atomic E-state index is 10.3. The van der Waals surface area contributed by atoms with Gasteiger partial charge in [-0.3, -0.25) is 4.79 Å². The van der Waals surface area contributed by atoms with Crippen LogP contribution >= 0.6 is 0 Å². The van der Waals surface area contributed by atoms with Crippen molar-refractivity contribution in [2.45, 2.75) is 6.23 Å². The molecule has 1 amide bonds. The Hall–Kier alpha value is -1.39. The van der Waals surface area contributed by atoms with Gasteiger partial charge in [0.05, 0.1) is 6.20 Å². The van der Waals surface area contributed by atoms with E-state index in [1.165, 1.54) is 12.5 Å². The summed E-state index contributed by atoms with van der Waals surface area (Å²) in [7, 11) is 0. The molecule has 1 aliphatic rings. The van der Waals surface area contributed by atoms with Gasteiger partial charge in [0.15, 0.2) is 0 Å². The molecule has 0 aromatic rings. The van der Waals surface area contributed by atoms with Crippen molar-refractivity contribution < 1.29 is 9.53 Å². The summed E-state index contributed by atoms with van der Waals surface area (Å²) in [6.45, 7) is 0. The van der Waals surface area contributed by atoms with Crippen molar-refractivity contribution in [3.8, 4) is 0 Å². The summed E-state index contributed by atoms with van der Waals surface area (Å²) in [5, 5.41) is 6.77. The average Bonchev–Trinajstić information content (AvgIpc) is 1.90. The molecule has 5 heteroatoms. The highest BCUT2D eigenvalue weighted by atomic mass is 16.5. The van der Waals surface area contributed by atoms with Crippen molar-refractivity contribution in [1.29, 1.82) is 0 Å². The lowest BCUT2D eigenvalue weighted by molar-refractivity contribution is -0.126. The molecule has 0 aromatic carbocycles. The monoisotopic (exact) mass is 127 g/mol. The molecular formula is C4H5N3O2. The zero-order valence-corrected chi connectivity index (χ0v) is 4.52. The first-order valence-electron chi connectivity index (χ1n) is 2.30. The molecule has 0 spiro atoms. The molecule has 0 aliphatic carbocycles. The standard InChI is InChI=1S/C4H5N3O2/c5-3(8)4-7-6-1-2-9-4/h1-2,4H,(H2,5,8). The number of carbonyl (C=O) groups is 1. The minimum Gasteiger partial charge on any atom is -0.464 e. The Morgan fingerprint density at radius 1 is 1.78 bits per heavy atom. The van der Waals surface area contributed by atoms with Crippen LogP contribution in [0, 0.1) is 0 Å². The summed E-state index contributed by atoms with van der Waals surface area (Å²) in [4.78, 5) is 10.3. The van der Waals surface area contributed by atoms with Gasteiger partial charge in [-0.2, -0.15) is 5.11 Å². The predicted octanol–water partition coefficient (Wildman–Crippen LogP) is -0.249. The van der Waals surface area contributed by atoms with Crippen LogP contribution in [-0.2, 0) is 9.53 Å². The Labute approximate surface area is 51.2 Å². The molecule has 0 fully saturated rings. The number of hydrogen-bond donors (Lipinski definition) is 1. The van der Waals surface area contributed by atoms with E-state index >= 15 is 0 Å². The molecule has 0 radical (unpaired) electrons. The molecule has 0 bridgehead atoms. The van der Waals surface area contributed by atoms with E-state index in [0.29, 0.717) is 0 Å². The summed E-state index contributed by atoms with van der Waals surface area (Å²) < 4.78 is 4.62. The fraction of sp³-hybridized carbons (Fsp3) is 0.250. The van der Waals surface area contributed by atoms with E-state index in [2.05, 4.69) is 15.0 Å². The highest BCUT2D eigenvalue weighted by molar-refractivity contribution is 5.78. The topological polar surface area (TPSA) is 77.0 Å². The lowest BCUT2D eigenvalue weighted by atomic mass is 10.5. The summed E-state index contributed by atoms with van der Waals surface area (Å²) in [6, 6.07) is 0. The maximum atomic E-state index is 10.3. The largest absolute Gasteiger partial charge is 0.464 e. The Morgan fingerprint density at radius 2 is 2.56 bits per heavy atom. The molecule has 9 heavy (non-hydrogen) atoms. The predicted molar refractivity (Wildman–Crippen MR) is 28.1 cm³/mol. The van der Waals surface area contributed by atoms with Crippen LogP contribution in [0.15, 0.2) is 22.7 Å². The molecular weight excluding hydrogens is 122 g/mol. The Morgan fingerprint density at radius 3 is 2.89 bits per heavy atom. The van der Waals surface area contributed by atoms with Gasteiger partial charge in [-0.1, -0.05) is 0 Å². The molecule has 1 unspecified atom stereocenters. The smallest absolute Gasteiger partial charge is 0.285 e. The second-order valence-corrected chi connectivity index (χ2v) is 1.41. The van der Waals surface area contributed by atoms with Gasteiger partial charge in [0.2, 0.25) is 0 Å². The van der Waals surface area contributed by atoms with Crippen molar-refractivity contribution in [3.05, 3.63) is 12.5 Å². The number of ether oxygens (including phenoxy) is 1. The molecule has 0 saturated carbocycles. The van der Waals surface area contributed by atoms with Crippen LogP contribution in [0.5, 0.6) is 0 Å². The molecule has 0 aromatic heterocycles. The van der Waals surface area contributed by atoms with Gasteiger partial charge in [-0.15, -0.1) is 5.11 Å². The normalized spacial score (nSPS) is 23.3. The zero-order chi connectivity index (χ0) is 6.69. The molecule has 1 aliphatic heterocycles. The molecule has 1 heterocycles. The number of azo groups is 1. The minimum atomic E-state index is -0.935. The van der Waals surface area contributed by atoms with Crippen LogP contribution in [0.1, 0.15) is 0 Å². The van der Waals surface area contributed by atoms with Gasteiger partial charge in [0.1, 0.15) is 6.26 Å². The second kappa shape index (κ2) is 2.25. The summed E-state index contributed by atoms with van der Waals surface area (Å²) >= 11 is 0. The molecule has 48 valence electrons. The van der Waals surface area contributed by atoms with E-state index < -0.39 is 12.1 Å². The lowest BCUT2D eigenvalue weighted by Gasteiger charge is -2.07. The van der Waals surface area contributed by atoms with E-state index in [1.54, 1.807) is 0 Å². The number of amides is 1. The maximum Gasteiger partial charge on any atom is 0.285 e. The van der Waals surface area contributed by atoms with Crippen molar-refractivity contribution in [3.63, 3.8) is 0 Å². The van der Waals surface area contributed by atoms with Crippen LogP contribution in [0.3, 0.4) is 0 Å². The molecule has 2 N–H and O–H groups in total. The summed E-state index contributed by atoms with van der Waals surface area (Å²) in [6.07, 6.45) is 1.66. The van der Waals surface area contributed by atoms with Gasteiger partial charge in [-0.25, -0.2) is 0 Å². The number of nitrogens with two attached hydrogens (primary N) is 1. The van der Waals surface area contributed by atoms with E-state index in [9.17, 15) is 4.79 Å². The average molecular weight is 127 g/mol. The quantitative estimate of drug-likeness (QED) is 0.527. The highest BCUT2D eigenvalue weighted by Crippen LogP contribution is 2.00. The Kier molecular flexibility index (Phi) is 1.44. The third-order valence-corrected chi connectivity index (χ3v) is 0.750. The first-order chi connectivity index (χ1) is 4.30. The van der Waals surface area contributed by atoms with Gasteiger partial charge in [0, 0.05) is 0 Å². The van der Waals surface area contributed by atoms with Crippen LogP contribution in [-0.4, -0.2) is 12.1 Å². The fourth-order valence-electron chi connectivity index (χ4n) is 0.387. The lowest BCUT2D eigenvalue weighted by Crippen LogP contribution is -2.28. The fourth-order valence-corrected chi connectivity index (χ4v) is 0.387. The third kappa shape index (κ3) is 1.25. The summed E-state index contributed by atoms with van der Waals surface area (Å²) in [5.74, 6) is -0.636. The molecule has 1 rings (SSSR count). The Balaban J connectivity index is 2.56. The zero-order valence-electron chi connectivity index (χ0n) is 4.52. The first kappa shape index (κ1) is 5.74. The van der Waals surface area contributed by atoms with E-state index in [0.717, 1.165) is 0 Å². The van der Waals surface area contributed by atoms with Crippen LogP contribution in [0.2, 0.25) is 0 Å². The van der Waals surface area contributed by atoms with Crippen molar-refractivity contribution in [1.82, 2.24) is 0 Å². The highest BCUT2D eigenvalue weighted by Gasteiger charge is 2.14. The number of rotatable bonds is 1. The van der Waals surface area contributed by atoms with Gasteiger partial charge >= 0.3 is 0 Å². The second-order valence-electron chi connectivity index (χ2n) is 1.41. The van der Waals surface area contributed by atoms with Crippen LogP contribution in [0.25, 0.3) is 0 Å². The molecule has 0 saturated heterocycles. The minimum absolute atomic E-state index is 0.636. The number of primary amides is 1. The third-order valence-electron chi connectivity index (χ3n) is 0.750. The Bertz CT molecular complexity index is 175. The van der Waals surface area contributed by atoms with E-state index in [4.69, 9.17) is 5.73 Å². The molecule has 1 atom stereocenters. The van der Waals surface area contributed by atoms with E-state index in [-0.39, 0.29) is 0 Å². The molecule has 5 nitrogen and oxygen atoms in total. The van der Waals surface area contributed by atoms with Crippen LogP contribution in [0.4, 0.5) is 0 Å². The van der Waals surface area contributed by atoms with Crippen molar-refractivity contribution >= 4 is 5.91 Å².